The SMILES string of the molecule is CN(CC1Cc2ccccc2CN1C)C(=O)c1ccc(CSc2ccccn2)cc1. The van der Waals surface area contributed by atoms with Gasteiger partial charge in [-0.2, -0.15) is 0 Å². The molecule has 1 unspecified atom stereocenters. The van der Waals surface area contributed by atoms with Gasteiger partial charge in [-0.3, -0.25) is 9.69 Å². The summed E-state index contributed by atoms with van der Waals surface area (Å²) in [7, 11) is 4.05. The van der Waals surface area contributed by atoms with Crippen LogP contribution >= 0.6 is 11.8 Å². The highest BCUT2D eigenvalue weighted by Gasteiger charge is 2.25. The zero-order valence-electron chi connectivity index (χ0n) is 17.5. The number of pyridine rings is 1. The van der Waals surface area contributed by atoms with Crippen molar-refractivity contribution in [2.24, 2.45) is 0 Å². The second-order valence-electron chi connectivity index (χ2n) is 7.88. The molecular formula is C25H27N3OS. The van der Waals surface area contributed by atoms with Crippen LogP contribution in [0.1, 0.15) is 27.0 Å². The van der Waals surface area contributed by atoms with Crippen molar-refractivity contribution < 1.29 is 4.79 Å². The van der Waals surface area contributed by atoms with E-state index in [1.165, 1.54) is 16.7 Å². The molecule has 0 saturated heterocycles. The van der Waals surface area contributed by atoms with Gasteiger partial charge in [0, 0.05) is 43.7 Å². The first-order valence-corrected chi connectivity index (χ1v) is 11.2. The van der Waals surface area contributed by atoms with Crippen molar-refractivity contribution in [1.82, 2.24) is 14.8 Å². The number of carbonyl (C=O) groups excluding carboxylic acids is 1. The lowest BCUT2D eigenvalue weighted by Crippen LogP contribution is -2.46. The number of fused-ring (bicyclic) bond motifs is 1. The van der Waals surface area contributed by atoms with E-state index in [2.05, 4.69) is 41.2 Å². The van der Waals surface area contributed by atoms with Crippen LogP contribution in [0.5, 0.6) is 0 Å². The number of aromatic nitrogens is 1. The monoisotopic (exact) mass is 417 g/mol. The average Bonchev–Trinajstić information content (AvgIpc) is 2.78. The topological polar surface area (TPSA) is 36.4 Å². The summed E-state index contributed by atoms with van der Waals surface area (Å²) in [5, 5.41) is 1.01. The third-order valence-corrected chi connectivity index (χ3v) is 6.69. The molecule has 0 fully saturated rings. The minimum Gasteiger partial charge on any atom is -0.340 e. The number of nitrogens with zero attached hydrogens (tertiary/aromatic N) is 3. The van der Waals surface area contributed by atoms with Crippen molar-refractivity contribution in [2.75, 3.05) is 20.6 Å². The van der Waals surface area contributed by atoms with E-state index in [0.717, 1.165) is 35.9 Å². The highest BCUT2D eigenvalue weighted by atomic mass is 32.2. The van der Waals surface area contributed by atoms with Crippen LogP contribution in [0.3, 0.4) is 0 Å². The first kappa shape index (κ1) is 20.6. The minimum atomic E-state index is 0.0752. The highest BCUT2D eigenvalue weighted by Crippen LogP contribution is 2.23. The van der Waals surface area contributed by atoms with Gasteiger partial charge < -0.3 is 4.90 Å². The van der Waals surface area contributed by atoms with Gasteiger partial charge in [-0.15, -0.1) is 11.8 Å². The average molecular weight is 418 g/mol. The smallest absolute Gasteiger partial charge is 0.253 e. The van der Waals surface area contributed by atoms with Gasteiger partial charge in [0.05, 0.1) is 5.03 Å². The quantitative estimate of drug-likeness (QED) is 0.553. The summed E-state index contributed by atoms with van der Waals surface area (Å²) in [6.45, 7) is 1.66. The van der Waals surface area contributed by atoms with Crippen LogP contribution in [-0.2, 0) is 18.7 Å². The predicted octanol–water partition coefficient (Wildman–Crippen LogP) is 4.50. The van der Waals surface area contributed by atoms with Crippen molar-refractivity contribution in [2.45, 2.75) is 29.8 Å². The molecule has 2 aromatic carbocycles. The van der Waals surface area contributed by atoms with Gasteiger partial charge >= 0.3 is 0 Å². The third-order valence-electron chi connectivity index (χ3n) is 5.67. The Morgan fingerprint density at radius 1 is 1.07 bits per heavy atom. The fourth-order valence-electron chi connectivity index (χ4n) is 3.88. The Hall–Kier alpha value is -2.63. The molecule has 0 saturated carbocycles. The Bertz CT molecular complexity index is 991. The van der Waals surface area contributed by atoms with Crippen LogP contribution in [0.25, 0.3) is 0 Å². The Kier molecular flexibility index (Phi) is 6.50. The summed E-state index contributed by atoms with van der Waals surface area (Å²) in [6.07, 6.45) is 2.79. The van der Waals surface area contributed by atoms with Crippen LogP contribution in [0.2, 0.25) is 0 Å². The normalized spacial score (nSPS) is 16.1. The molecule has 4 nitrogen and oxygen atoms in total. The van der Waals surface area contributed by atoms with Gasteiger partial charge in [0.15, 0.2) is 0 Å². The summed E-state index contributed by atoms with van der Waals surface area (Å²) < 4.78 is 0. The number of thioether (sulfide) groups is 1. The third kappa shape index (κ3) is 4.91. The van der Waals surface area contributed by atoms with Crippen molar-refractivity contribution >= 4 is 17.7 Å². The molecule has 0 bridgehead atoms. The number of benzene rings is 2. The number of hydrogen-bond acceptors (Lipinski definition) is 4. The lowest BCUT2D eigenvalue weighted by atomic mass is 9.94. The molecule has 1 atom stereocenters. The maximum absolute atomic E-state index is 13.0. The fourth-order valence-corrected chi connectivity index (χ4v) is 4.69. The predicted molar refractivity (Wildman–Crippen MR) is 123 cm³/mol. The fraction of sp³-hybridized carbons (Fsp3) is 0.280. The van der Waals surface area contributed by atoms with E-state index >= 15 is 0 Å². The summed E-state index contributed by atoms with van der Waals surface area (Å²) in [5.74, 6) is 0.916. The van der Waals surface area contributed by atoms with E-state index in [-0.39, 0.29) is 5.91 Å². The van der Waals surface area contributed by atoms with Crippen LogP contribution < -0.4 is 0 Å². The first-order valence-electron chi connectivity index (χ1n) is 10.3. The first-order chi connectivity index (χ1) is 14.6. The van der Waals surface area contributed by atoms with E-state index in [0.29, 0.717) is 6.04 Å². The maximum atomic E-state index is 13.0. The lowest BCUT2D eigenvalue weighted by Gasteiger charge is -2.36. The molecule has 1 aliphatic heterocycles. The molecular weight excluding hydrogens is 390 g/mol. The summed E-state index contributed by atoms with van der Waals surface area (Å²) >= 11 is 1.70. The van der Waals surface area contributed by atoms with E-state index in [4.69, 9.17) is 0 Å². The Morgan fingerprint density at radius 2 is 1.80 bits per heavy atom. The van der Waals surface area contributed by atoms with Crippen molar-refractivity contribution in [3.8, 4) is 0 Å². The standard InChI is InChI=1S/C25H27N3OS/c1-27-16-22-8-4-3-7-21(22)15-23(27)17-28(2)25(29)20-12-10-19(11-13-20)18-30-24-9-5-6-14-26-24/h3-14,23H,15-18H2,1-2H3. The van der Waals surface area contributed by atoms with E-state index in [1.807, 2.05) is 60.6 Å². The van der Waals surface area contributed by atoms with Crippen molar-refractivity contribution in [3.05, 3.63) is 95.2 Å². The van der Waals surface area contributed by atoms with Gasteiger partial charge in [-0.05, 0) is 54.4 Å². The summed E-state index contributed by atoms with van der Waals surface area (Å²) in [4.78, 5) is 21.5. The second-order valence-corrected chi connectivity index (χ2v) is 8.88. The lowest BCUT2D eigenvalue weighted by molar-refractivity contribution is 0.0733. The minimum absolute atomic E-state index is 0.0752. The molecule has 5 heteroatoms. The highest BCUT2D eigenvalue weighted by molar-refractivity contribution is 7.98. The molecule has 2 heterocycles. The molecule has 1 aromatic heterocycles. The molecule has 0 radical (unpaired) electrons. The number of rotatable bonds is 6. The molecule has 0 N–H and O–H groups in total. The van der Waals surface area contributed by atoms with Crippen LogP contribution in [0.15, 0.2) is 78.0 Å². The van der Waals surface area contributed by atoms with E-state index in [1.54, 1.807) is 11.8 Å². The molecule has 0 spiro atoms. The van der Waals surface area contributed by atoms with Crippen LogP contribution in [0, 0.1) is 0 Å². The van der Waals surface area contributed by atoms with Gasteiger partial charge in [0.25, 0.3) is 5.91 Å². The summed E-state index contributed by atoms with van der Waals surface area (Å²) in [5.41, 5.74) is 4.72. The van der Waals surface area contributed by atoms with Crippen molar-refractivity contribution in [1.29, 1.82) is 0 Å². The Morgan fingerprint density at radius 3 is 2.53 bits per heavy atom. The van der Waals surface area contributed by atoms with Gasteiger partial charge in [0.1, 0.15) is 0 Å². The summed E-state index contributed by atoms with van der Waals surface area (Å²) in [6, 6.07) is 22.8. The molecule has 1 amide bonds. The number of carbonyl (C=O) groups is 1. The zero-order chi connectivity index (χ0) is 20.9. The number of amides is 1. The molecule has 30 heavy (non-hydrogen) atoms. The number of hydrogen-bond donors (Lipinski definition) is 0. The maximum Gasteiger partial charge on any atom is 0.253 e. The van der Waals surface area contributed by atoms with Crippen molar-refractivity contribution in [3.63, 3.8) is 0 Å². The molecule has 154 valence electrons. The van der Waals surface area contributed by atoms with Gasteiger partial charge in [-0.25, -0.2) is 4.98 Å². The molecule has 4 rings (SSSR count). The molecule has 1 aliphatic rings. The van der Waals surface area contributed by atoms with E-state index < -0.39 is 0 Å². The van der Waals surface area contributed by atoms with Gasteiger partial charge in [0.2, 0.25) is 0 Å². The Labute approximate surface area is 182 Å². The zero-order valence-corrected chi connectivity index (χ0v) is 18.3. The van der Waals surface area contributed by atoms with Crippen LogP contribution in [0.4, 0.5) is 0 Å². The van der Waals surface area contributed by atoms with Crippen LogP contribution in [-0.4, -0.2) is 47.4 Å². The second kappa shape index (κ2) is 9.45. The number of likely N-dealkylation sites (N-methyl/N-ethyl adjacent to an activating group) is 2. The molecule has 0 aliphatic carbocycles. The van der Waals surface area contributed by atoms with E-state index in [9.17, 15) is 4.79 Å². The molecule has 3 aromatic rings. The largest absolute Gasteiger partial charge is 0.340 e. The Balaban J connectivity index is 1.34. The van der Waals surface area contributed by atoms with Gasteiger partial charge in [-0.1, -0.05) is 42.5 Å².